The lowest BCUT2D eigenvalue weighted by atomic mass is 9.97. The Hall–Kier alpha value is -2.62. The van der Waals surface area contributed by atoms with E-state index in [0.29, 0.717) is 5.69 Å². The lowest BCUT2D eigenvalue weighted by Gasteiger charge is -2.16. The Morgan fingerprint density at radius 1 is 0.850 bits per heavy atom. The topological polar surface area (TPSA) is 49.4 Å². The summed E-state index contributed by atoms with van der Waals surface area (Å²) in [5.74, 6) is -0.732. The zero-order valence-corrected chi connectivity index (χ0v) is 10.6. The van der Waals surface area contributed by atoms with Crippen molar-refractivity contribution >= 4 is 23.2 Å². The molecule has 2 aliphatic rings. The molecule has 98 valence electrons. The lowest BCUT2D eigenvalue weighted by molar-refractivity contribution is -0.121. The molecule has 20 heavy (non-hydrogen) atoms. The molecule has 4 rings (SSSR count). The first-order valence-corrected chi connectivity index (χ1v) is 6.56. The Balaban J connectivity index is 1.80. The van der Waals surface area contributed by atoms with E-state index in [1.54, 1.807) is 12.1 Å². The van der Waals surface area contributed by atoms with Gasteiger partial charge in [0.1, 0.15) is 6.04 Å². The maximum atomic E-state index is 12.6. The number of nitrogens with one attached hydrogen (secondary N) is 1. The van der Waals surface area contributed by atoms with E-state index in [4.69, 9.17) is 0 Å². The van der Waals surface area contributed by atoms with Crippen molar-refractivity contribution in [2.45, 2.75) is 12.0 Å². The Morgan fingerprint density at radius 2 is 1.55 bits per heavy atom. The van der Waals surface area contributed by atoms with E-state index >= 15 is 0 Å². The number of hydrogen-bond acceptors (Lipinski definition) is 3. The molecule has 2 aromatic rings. The lowest BCUT2D eigenvalue weighted by Crippen LogP contribution is -2.34. The molecule has 1 N–H and O–H groups in total. The second-order valence-electron chi connectivity index (χ2n) is 5.03. The Morgan fingerprint density at radius 3 is 2.35 bits per heavy atom. The van der Waals surface area contributed by atoms with Gasteiger partial charge in [0.25, 0.3) is 5.91 Å². The summed E-state index contributed by atoms with van der Waals surface area (Å²) in [6.45, 7) is 0. The molecule has 2 aliphatic heterocycles. The van der Waals surface area contributed by atoms with E-state index in [1.165, 1.54) is 4.90 Å². The largest absolute Gasteiger partial charge is 0.372 e. The highest BCUT2D eigenvalue weighted by Gasteiger charge is 2.52. The molecule has 2 atom stereocenters. The van der Waals surface area contributed by atoms with Crippen molar-refractivity contribution in [3.05, 3.63) is 60.2 Å². The SMILES string of the molecule is O=C1[C@@H]2Nc3ccccc3[C@@H]2C(=O)N1c1ccccc1. The Kier molecular flexibility index (Phi) is 2.21. The van der Waals surface area contributed by atoms with Crippen molar-refractivity contribution in [1.29, 1.82) is 0 Å². The third kappa shape index (κ3) is 1.36. The first-order valence-electron chi connectivity index (χ1n) is 6.56. The van der Waals surface area contributed by atoms with Gasteiger partial charge in [-0.3, -0.25) is 9.59 Å². The molecule has 2 aromatic carbocycles. The van der Waals surface area contributed by atoms with Gasteiger partial charge in [-0.25, -0.2) is 4.90 Å². The molecule has 2 amide bonds. The summed E-state index contributed by atoms with van der Waals surface area (Å²) in [7, 11) is 0. The molecule has 4 nitrogen and oxygen atoms in total. The van der Waals surface area contributed by atoms with Crippen molar-refractivity contribution in [1.82, 2.24) is 0 Å². The van der Waals surface area contributed by atoms with Gasteiger partial charge >= 0.3 is 0 Å². The first-order chi connectivity index (χ1) is 9.77. The van der Waals surface area contributed by atoms with Gasteiger partial charge in [0, 0.05) is 5.69 Å². The third-order valence-electron chi connectivity index (χ3n) is 3.93. The molecule has 0 unspecified atom stereocenters. The molecule has 0 radical (unpaired) electrons. The van der Waals surface area contributed by atoms with E-state index in [0.717, 1.165) is 11.3 Å². The molecule has 2 heterocycles. The smallest absolute Gasteiger partial charge is 0.257 e. The number of anilines is 2. The zero-order valence-electron chi connectivity index (χ0n) is 10.6. The molecule has 0 bridgehead atoms. The third-order valence-corrected chi connectivity index (χ3v) is 3.93. The van der Waals surface area contributed by atoms with Crippen molar-refractivity contribution in [3.8, 4) is 0 Å². The standard InChI is InChI=1S/C16H12N2O2/c19-15-13-11-8-4-5-9-12(11)17-14(13)16(20)18(15)10-6-2-1-3-7-10/h1-9,13-14,17H/t13-,14+/m0/s1. The maximum absolute atomic E-state index is 12.6. The van der Waals surface area contributed by atoms with Crippen LogP contribution in [0.25, 0.3) is 0 Å². The van der Waals surface area contributed by atoms with Gasteiger partial charge in [-0.1, -0.05) is 36.4 Å². The number of rotatable bonds is 1. The summed E-state index contributed by atoms with van der Waals surface area (Å²) < 4.78 is 0. The van der Waals surface area contributed by atoms with Crippen LogP contribution in [0.3, 0.4) is 0 Å². The van der Waals surface area contributed by atoms with Crippen LogP contribution in [0.5, 0.6) is 0 Å². The van der Waals surface area contributed by atoms with Crippen molar-refractivity contribution in [2.75, 3.05) is 10.2 Å². The van der Waals surface area contributed by atoms with Crippen LogP contribution >= 0.6 is 0 Å². The number of para-hydroxylation sites is 2. The second-order valence-corrected chi connectivity index (χ2v) is 5.03. The average Bonchev–Trinajstić information content (AvgIpc) is 2.97. The number of carbonyl (C=O) groups excluding carboxylic acids is 2. The van der Waals surface area contributed by atoms with Gasteiger partial charge in [0.15, 0.2) is 0 Å². The van der Waals surface area contributed by atoms with Crippen LogP contribution in [-0.2, 0) is 9.59 Å². The monoisotopic (exact) mass is 264 g/mol. The number of benzene rings is 2. The van der Waals surface area contributed by atoms with Gasteiger partial charge in [-0.05, 0) is 23.8 Å². The quantitative estimate of drug-likeness (QED) is 0.803. The second kappa shape index (κ2) is 3.93. The minimum Gasteiger partial charge on any atom is -0.372 e. The predicted molar refractivity (Wildman–Crippen MR) is 75.5 cm³/mol. The fraction of sp³-hybridized carbons (Fsp3) is 0.125. The summed E-state index contributed by atoms with van der Waals surface area (Å²) in [6, 6.07) is 16.2. The molecule has 0 aliphatic carbocycles. The van der Waals surface area contributed by atoms with Crippen LogP contribution in [0.2, 0.25) is 0 Å². The van der Waals surface area contributed by atoms with Gasteiger partial charge in [0.05, 0.1) is 11.6 Å². The van der Waals surface area contributed by atoms with Gasteiger partial charge in [0.2, 0.25) is 5.91 Å². The summed E-state index contributed by atoms with van der Waals surface area (Å²) in [4.78, 5) is 26.4. The number of fused-ring (bicyclic) bond motifs is 3. The summed E-state index contributed by atoms with van der Waals surface area (Å²) in [5.41, 5.74) is 2.43. The zero-order chi connectivity index (χ0) is 13.7. The maximum Gasteiger partial charge on any atom is 0.257 e. The highest BCUT2D eigenvalue weighted by molar-refractivity contribution is 6.27. The molecular formula is C16H12N2O2. The number of hydrogen-bond donors (Lipinski definition) is 1. The van der Waals surface area contributed by atoms with E-state index in [-0.39, 0.29) is 11.8 Å². The average molecular weight is 264 g/mol. The number of carbonyl (C=O) groups is 2. The van der Waals surface area contributed by atoms with Crippen LogP contribution in [0.4, 0.5) is 11.4 Å². The summed E-state index contributed by atoms with van der Waals surface area (Å²) in [6.07, 6.45) is 0. The van der Waals surface area contributed by atoms with Gasteiger partial charge < -0.3 is 5.32 Å². The minimum absolute atomic E-state index is 0.149. The predicted octanol–water partition coefficient (Wildman–Crippen LogP) is 2.14. The van der Waals surface area contributed by atoms with Crippen LogP contribution in [-0.4, -0.2) is 17.9 Å². The van der Waals surface area contributed by atoms with E-state index in [9.17, 15) is 9.59 Å². The molecule has 1 saturated heterocycles. The van der Waals surface area contributed by atoms with E-state index in [1.807, 2.05) is 42.5 Å². The highest BCUT2D eigenvalue weighted by Crippen LogP contribution is 2.42. The molecule has 1 fully saturated rings. The van der Waals surface area contributed by atoms with Crippen LogP contribution in [0.15, 0.2) is 54.6 Å². The van der Waals surface area contributed by atoms with Crippen LogP contribution in [0.1, 0.15) is 11.5 Å². The van der Waals surface area contributed by atoms with E-state index < -0.39 is 12.0 Å². The summed E-state index contributed by atoms with van der Waals surface area (Å²) >= 11 is 0. The highest BCUT2D eigenvalue weighted by atomic mass is 16.2. The first kappa shape index (κ1) is 11.2. The van der Waals surface area contributed by atoms with Gasteiger partial charge in [-0.15, -0.1) is 0 Å². The van der Waals surface area contributed by atoms with Crippen molar-refractivity contribution in [3.63, 3.8) is 0 Å². The molecule has 0 spiro atoms. The Bertz CT molecular complexity index is 711. The van der Waals surface area contributed by atoms with Crippen molar-refractivity contribution < 1.29 is 9.59 Å². The van der Waals surface area contributed by atoms with Gasteiger partial charge in [-0.2, -0.15) is 0 Å². The number of imide groups is 1. The molecule has 0 aromatic heterocycles. The molecule has 0 saturated carbocycles. The van der Waals surface area contributed by atoms with Crippen molar-refractivity contribution in [2.24, 2.45) is 0 Å². The molecular weight excluding hydrogens is 252 g/mol. The fourth-order valence-electron chi connectivity index (χ4n) is 3.03. The number of amides is 2. The Labute approximate surface area is 116 Å². The van der Waals surface area contributed by atoms with Crippen LogP contribution in [0, 0.1) is 0 Å². The van der Waals surface area contributed by atoms with E-state index in [2.05, 4.69) is 5.32 Å². The summed E-state index contributed by atoms with van der Waals surface area (Å²) in [5, 5.41) is 3.16. The number of nitrogens with zero attached hydrogens (tertiary/aromatic N) is 1. The molecule has 4 heteroatoms. The fourth-order valence-corrected chi connectivity index (χ4v) is 3.03. The minimum atomic E-state index is -0.472. The van der Waals surface area contributed by atoms with Crippen LogP contribution < -0.4 is 10.2 Å². The normalized spacial score (nSPS) is 23.5.